The lowest BCUT2D eigenvalue weighted by Crippen LogP contribution is -2.50. The minimum Gasteiger partial charge on any atom is -0.450 e. The number of nitrogens with zero attached hydrogens (tertiary/aromatic N) is 4. The normalized spacial score (nSPS) is 15.3. The summed E-state index contributed by atoms with van der Waals surface area (Å²) in [5.41, 5.74) is -0.980. The molecule has 0 atom stereocenters. The van der Waals surface area contributed by atoms with Gasteiger partial charge in [0.05, 0.1) is 23.9 Å². The summed E-state index contributed by atoms with van der Waals surface area (Å²) in [5.74, 6) is -0.215. The maximum absolute atomic E-state index is 12.8. The number of hydrogen-bond donors (Lipinski definition) is 0. The molecule has 11 heteroatoms. The van der Waals surface area contributed by atoms with Crippen LogP contribution in [0.3, 0.4) is 0 Å². The van der Waals surface area contributed by atoms with E-state index in [1.807, 2.05) is 0 Å². The number of amides is 2. The number of hydrogen-bond acceptors (Lipinski definition) is 4. The Morgan fingerprint density at radius 2 is 1.77 bits per heavy atom. The fourth-order valence-corrected chi connectivity index (χ4v) is 2.88. The Morgan fingerprint density at radius 3 is 2.27 bits per heavy atom. The van der Waals surface area contributed by atoms with E-state index in [1.165, 1.54) is 11.8 Å². The molecule has 26 heavy (non-hydrogen) atoms. The Kier molecular flexibility index (Phi) is 6.38. The number of piperazine rings is 1. The van der Waals surface area contributed by atoms with Crippen molar-refractivity contribution in [3.8, 4) is 0 Å². The van der Waals surface area contributed by atoms with Crippen molar-refractivity contribution in [3.05, 3.63) is 16.4 Å². The number of aromatic nitrogens is 2. The van der Waals surface area contributed by atoms with E-state index in [2.05, 4.69) is 5.10 Å². The minimum atomic E-state index is -4.64. The van der Waals surface area contributed by atoms with E-state index in [0.29, 0.717) is 26.2 Å². The second kappa shape index (κ2) is 8.15. The van der Waals surface area contributed by atoms with E-state index >= 15 is 0 Å². The minimum absolute atomic E-state index is 0.00143. The predicted molar refractivity (Wildman–Crippen MR) is 86.8 cm³/mol. The average Bonchev–Trinajstić information content (AvgIpc) is 2.88. The van der Waals surface area contributed by atoms with Crippen molar-refractivity contribution in [1.29, 1.82) is 0 Å². The molecule has 1 aliphatic rings. The largest absolute Gasteiger partial charge is 0.450 e. The summed E-state index contributed by atoms with van der Waals surface area (Å²) in [6.07, 6.45) is -5.06. The fourth-order valence-electron chi connectivity index (χ4n) is 2.64. The molecule has 2 amide bonds. The number of rotatable bonds is 4. The van der Waals surface area contributed by atoms with Crippen molar-refractivity contribution < 1.29 is 27.5 Å². The van der Waals surface area contributed by atoms with Gasteiger partial charge in [-0.2, -0.15) is 18.3 Å². The summed E-state index contributed by atoms with van der Waals surface area (Å²) in [6.45, 7) is 4.83. The van der Waals surface area contributed by atoms with Gasteiger partial charge in [0, 0.05) is 32.6 Å². The number of carbonyl (C=O) groups is 2. The third kappa shape index (κ3) is 4.60. The molecular formula is C15H20ClF3N4O3. The first-order valence-corrected chi connectivity index (χ1v) is 8.52. The third-order valence-electron chi connectivity index (χ3n) is 4.10. The molecule has 0 radical (unpaired) electrons. The van der Waals surface area contributed by atoms with Crippen LogP contribution < -0.4 is 0 Å². The highest BCUT2D eigenvalue weighted by molar-refractivity contribution is 6.31. The maximum atomic E-state index is 12.8. The molecule has 1 saturated heterocycles. The molecular weight excluding hydrogens is 377 g/mol. The highest BCUT2D eigenvalue weighted by Crippen LogP contribution is 2.35. The quantitative estimate of drug-likeness (QED) is 0.784. The predicted octanol–water partition coefficient (Wildman–Crippen LogP) is 2.55. The highest BCUT2D eigenvalue weighted by Gasteiger charge is 2.38. The van der Waals surface area contributed by atoms with E-state index in [4.69, 9.17) is 16.3 Å². The molecule has 0 bridgehead atoms. The summed E-state index contributed by atoms with van der Waals surface area (Å²) in [7, 11) is 0. The third-order valence-corrected chi connectivity index (χ3v) is 4.55. The van der Waals surface area contributed by atoms with E-state index in [0.717, 1.165) is 4.68 Å². The summed E-state index contributed by atoms with van der Waals surface area (Å²) < 4.78 is 44.4. The van der Waals surface area contributed by atoms with Crippen LogP contribution in [0.4, 0.5) is 18.0 Å². The molecule has 146 valence electrons. The van der Waals surface area contributed by atoms with Crippen molar-refractivity contribution in [2.75, 3.05) is 32.8 Å². The highest BCUT2D eigenvalue weighted by atomic mass is 35.5. The van der Waals surface area contributed by atoms with Crippen molar-refractivity contribution in [1.82, 2.24) is 19.6 Å². The van der Waals surface area contributed by atoms with Crippen LogP contribution >= 0.6 is 11.6 Å². The lowest BCUT2D eigenvalue weighted by molar-refractivity contribution is -0.141. The Bertz CT molecular complexity index is 670. The smallest absolute Gasteiger partial charge is 0.436 e. The van der Waals surface area contributed by atoms with Crippen molar-refractivity contribution in [3.63, 3.8) is 0 Å². The van der Waals surface area contributed by atoms with Gasteiger partial charge in [-0.1, -0.05) is 11.6 Å². The molecule has 1 aromatic heterocycles. The van der Waals surface area contributed by atoms with Crippen LogP contribution in [0.1, 0.15) is 24.7 Å². The van der Waals surface area contributed by atoms with E-state index in [9.17, 15) is 22.8 Å². The van der Waals surface area contributed by atoms with E-state index in [-0.39, 0.29) is 31.2 Å². The molecule has 7 nitrogen and oxygen atoms in total. The van der Waals surface area contributed by atoms with Gasteiger partial charge in [-0.15, -0.1) is 0 Å². The molecule has 0 N–H and O–H groups in total. The number of alkyl halides is 3. The summed E-state index contributed by atoms with van der Waals surface area (Å²) in [6, 6.07) is 0. The van der Waals surface area contributed by atoms with Crippen LogP contribution in [0.25, 0.3) is 0 Å². The van der Waals surface area contributed by atoms with Crippen LogP contribution in [0.15, 0.2) is 0 Å². The molecule has 2 rings (SSSR count). The molecule has 0 spiro atoms. The first-order chi connectivity index (χ1) is 12.1. The summed E-state index contributed by atoms with van der Waals surface area (Å²) >= 11 is 5.69. The number of aryl methyl sites for hydroxylation is 1. The number of halogens is 4. The van der Waals surface area contributed by atoms with Crippen molar-refractivity contribution in [2.24, 2.45) is 0 Å². The molecule has 1 aliphatic heterocycles. The average molecular weight is 397 g/mol. The van der Waals surface area contributed by atoms with Gasteiger partial charge in [0.25, 0.3) is 0 Å². The van der Waals surface area contributed by atoms with Crippen LogP contribution in [0, 0.1) is 6.92 Å². The maximum Gasteiger partial charge on any atom is 0.436 e. The number of ether oxygens (including phenoxy) is 1. The van der Waals surface area contributed by atoms with E-state index < -0.39 is 23.0 Å². The van der Waals surface area contributed by atoms with Gasteiger partial charge in [-0.05, 0) is 13.8 Å². The van der Waals surface area contributed by atoms with Gasteiger partial charge < -0.3 is 14.5 Å². The van der Waals surface area contributed by atoms with Gasteiger partial charge in [0.1, 0.15) is 0 Å². The zero-order chi connectivity index (χ0) is 19.5. The standard InChI is InChI=1S/C15H20ClF3N4O3/c1-3-26-14(25)22-8-6-21(7-9-22)11(24)4-5-23-10(2)12(16)13(20-23)15(17,18)19/h3-9H2,1-2H3. The first kappa shape index (κ1) is 20.3. The summed E-state index contributed by atoms with van der Waals surface area (Å²) in [4.78, 5) is 27.0. The van der Waals surface area contributed by atoms with Gasteiger partial charge in [-0.3, -0.25) is 9.48 Å². The summed E-state index contributed by atoms with van der Waals surface area (Å²) in [5, 5.41) is 3.02. The monoisotopic (exact) mass is 396 g/mol. The Hall–Kier alpha value is -1.97. The van der Waals surface area contributed by atoms with Crippen LogP contribution in [-0.4, -0.2) is 64.4 Å². The Balaban J connectivity index is 1.89. The van der Waals surface area contributed by atoms with Gasteiger partial charge in [0.15, 0.2) is 5.69 Å². The second-order valence-electron chi connectivity index (χ2n) is 5.79. The van der Waals surface area contributed by atoms with Crippen LogP contribution in [-0.2, 0) is 22.3 Å². The molecule has 1 aromatic rings. The lowest BCUT2D eigenvalue weighted by Gasteiger charge is -2.34. The van der Waals surface area contributed by atoms with Crippen LogP contribution in [0.2, 0.25) is 5.02 Å². The second-order valence-corrected chi connectivity index (χ2v) is 6.16. The zero-order valence-electron chi connectivity index (χ0n) is 14.5. The van der Waals surface area contributed by atoms with Gasteiger partial charge in [0.2, 0.25) is 5.91 Å². The van der Waals surface area contributed by atoms with E-state index in [1.54, 1.807) is 11.8 Å². The zero-order valence-corrected chi connectivity index (χ0v) is 15.2. The fraction of sp³-hybridized carbons (Fsp3) is 0.667. The van der Waals surface area contributed by atoms with Crippen LogP contribution in [0.5, 0.6) is 0 Å². The molecule has 0 aromatic carbocycles. The lowest BCUT2D eigenvalue weighted by atomic mass is 10.3. The first-order valence-electron chi connectivity index (χ1n) is 8.14. The van der Waals surface area contributed by atoms with Gasteiger partial charge in [-0.25, -0.2) is 4.79 Å². The molecule has 0 saturated carbocycles. The molecule has 0 aliphatic carbocycles. The molecule has 1 fully saturated rings. The SMILES string of the molecule is CCOC(=O)N1CCN(C(=O)CCn2nc(C(F)(F)F)c(Cl)c2C)CC1. The molecule has 2 heterocycles. The Morgan fingerprint density at radius 1 is 1.19 bits per heavy atom. The topological polar surface area (TPSA) is 67.7 Å². The van der Waals surface area contributed by atoms with Crippen molar-refractivity contribution in [2.45, 2.75) is 33.0 Å². The number of carbonyl (C=O) groups excluding carboxylic acids is 2. The van der Waals surface area contributed by atoms with Gasteiger partial charge >= 0.3 is 12.3 Å². The molecule has 0 unspecified atom stereocenters. The van der Waals surface area contributed by atoms with Crippen molar-refractivity contribution >= 4 is 23.6 Å². The Labute approximate surface area is 153 Å².